The van der Waals surface area contributed by atoms with Crippen molar-refractivity contribution in [1.82, 2.24) is 15.5 Å². The van der Waals surface area contributed by atoms with Gasteiger partial charge in [0.15, 0.2) is 0 Å². The lowest BCUT2D eigenvalue weighted by Gasteiger charge is -2.49. The summed E-state index contributed by atoms with van der Waals surface area (Å²) in [6, 6.07) is 2.28. The third-order valence-electron chi connectivity index (χ3n) is 5.88. The molecule has 3 atom stereocenters. The number of fused-ring (bicyclic) bond motifs is 2. The highest BCUT2D eigenvalue weighted by molar-refractivity contribution is 5.74. The minimum atomic E-state index is 0.0823. The second-order valence-corrected chi connectivity index (χ2v) is 7.60. The van der Waals surface area contributed by atoms with E-state index in [1.54, 1.807) is 0 Å². The zero-order valence-corrected chi connectivity index (χ0v) is 14.2. The molecule has 2 aliphatic heterocycles. The molecule has 3 rings (SSSR count). The number of urea groups is 1. The van der Waals surface area contributed by atoms with E-state index in [-0.39, 0.29) is 6.03 Å². The molecule has 3 fully saturated rings. The van der Waals surface area contributed by atoms with E-state index < -0.39 is 0 Å². The summed E-state index contributed by atoms with van der Waals surface area (Å²) in [6.45, 7) is 3.51. The first-order valence-electron chi connectivity index (χ1n) is 9.59. The Kier molecular flexibility index (Phi) is 5.61. The van der Waals surface area contributed by atoms with Gasteiger partial charge in [-0.1, -0.05) is 32.6 Å². The number of hydrogen-bond acceptors (Lipinski definition) is 2. The molecule has 126 valence electrons. The summed E-state index contributed by atoms with van der Waals surface area (Å²) in [6.07, 6.45) is 13.7. The van der Waals surface area contributed by atoms with Crippen LogP contribution in [0.25, 0.3) is 0 Å². The summed E-state index contributed by atoms with van der Waals surface area (Å²) in [5.74, 6) is 0. The Hall–Kier alpha value is -0.770. The van der Waals surface area contributed by atoms with Crippen molar-refractivity contribution in [3.63, 3.8) is 0 Å². The lowest BCUT2D eigenvalue weighted by Crippen LogP contribution is -2.58. The molecule has 1 unspecified atom stereocenters. The third kappa shape index (κ3) is 3.95. The maximum Gasteiger partial charge on any atom is 0.315 e. The highest BCUT2D eigenvalue weighted by Gasteiger charge is 2.38. The van der Waals surface area contributed by atoms with Crippen LogP contribution < -0.4 is 10.6 Å². The molecule has 4 heteroatoms. The zero-order chi connectivity index (χ0) is 15.4. The lowest BCUT2D eigenvalue weighted by atomic mass is 9.81. The molecule has 2 heterocycles. The number of carbonyl (C=O) groups is 1. The van der Waals surface area contributed by atoms with E-state index in [1.165, 1.54) is 51.5 Å². The molecule has 2 bridgehead atoms. The summed E-state index contributed by atoms with van der Waals surface area (Å²) in [5, 5.41) is 6.49. The van der Waals surface area contributed by atoms with Crippen molar-refractivity contribution < 1.29 is 4.79 Å². The van der Waals surface area contributed by atoms with E-state index >= 15 is 0 Å². The summed E-state index contributed by atoms with van der Waals surface area (Å²) < 4.78 is 0. The van der Waals surface area contributed by atoms with Crippen molar-refractivity contribution in [3.8, 4) is 0 Å². The first kappa shape index (κ1) is 16.1. The highest BCUT2D eigenvalue weighted by Crippen LogP contribution is 2.34. The van der Waals surface area contributed by atoms with E-state index in [2.05, 4.69) is 22.5 Å². The maximum absolute atomic E-state index is 12.3. The van der Waals surface area contributed by atoms with Gasteiger partial charge in [-0.3, -0.25) is 4.90 Å². The van der Waals surface area contributed by atoms with E-state index in [0.29, 0.717) is 24.2 Å². The van der Waals surface area contributed by atoms with Gasteiger partial charge in [-0.2, -0.15) is 0 Å². The van der Waals surface area contributed by atoms with Crippen molar-refractivity contribution >= 4 is 6.03 Å². The van der Waals surface area contributed by atoms with Crippen molar-refractivity contribution in [3.05, 3.63) is 0 Å². The predicted octanol–water partition coefficient (Wildman–Crippen LogP) is 3.41. The molecule has 1 aliphatic carbocycles. The number of amides is 2. The molecular formula is C18H33N3O. The number of rotatable bonds is 4. The molecule has 0 aromatic heterocycles. The number of carbonyl (C=O) groups excluding carboxylic acids is 1. The van der Waals surface area contributed by atoms with E-state index in [4.69, 9.17) is 0 Å². The Morgan fingerprint density at radius 1 is 0.909 bits per heavy atom. The first-order valence-corrected chi connectivity index (χ1v) is 9.59. The van der Waals surface area contributed by atoms with Gasteiger partial charge in [-0.05, 0) is 51.5 Å². The van der Waals surface area contributed by atoms with Gasteiger partial charge in [0, 0.05) is 24.2 Å². The van der Waals surface area contributed by atoms with Crippen LogP contribution in [0.5, 0.6) is 0 Å². The van der Waals surface area contributed by atoms with Gasteiger partial charge in [0.1, 0.15) is 0 Å². The normalized spacial score (nSPS) is 33.4. The molecule has 4 nitrogen and oxygen atoms in total. The standard InChI is InChI=1S/C18H33N3O/c1-2-11-21-16-9-6-10-17(21)13-15(12-16)20-18(22)19-14-7-4-3-5-8-14/h14-17H,2-13H2,1H3,(H2,19,20,22)/t15?,16-,17+. The van der Waals surface area contributed by atoms with Crippen molar-refractivity contribution in [1.29, 1.82) is 0 Å². The minimum Gasteiger partial charge on any atom is -0.335 e. The molecule has 2 saturated heterocycles. The SMILES string of the molecule is CCCN1[C@@H]2CCC[C@H]1CC(NC(=O)NC1CCCCC1)C2. The van der Waals surface area contributed by atoms with E-state index in [1.807, 2.05) is 0 Å². The molecule has 3 aliphatic rings. The Bertz CT molecular complexity index is 353. The smallest absolute Gasteiger partial charge is 0.315 e. The highest BCUT2D eigenvalue weighted by atomic mass is 16.2. The van der Waals surface area contributed by atoms with Gasteiger partial charge in [0.05, 0.1) is 0 Å². The molecule has 0 aromatic rings. The molecule has 2 amide bonds. The van der Waals surface area contributed by atoms with Crippen molar-refractivity contribution in [2.24, 2.45) is 0 Å². The summed E-state index contributed by atoms with van der Waals surface area (Å²) in [5.41, 5.74) is 0. The van der Waals surface area contributed by atoms with Gasteiger partial charge in [-0.15, -0.1) is 0 Å². The van der Waals surface area contributed by atoms with Crippen LogP contribution in [0.2, 0.25) is 0 Å². The fraction of sp³-hybridized carbons (Fsp3) is 0.944. The van der Waals surface area contributed by atoms with Crippen molar-refractivity contribution in [2.45, 2.75) is 102 Å². The van der Waals surface area contributed by atoms with Gasteiger partial charge < -0.3 is 10.6 Å². The lowest BCUT2D eigenvalue weighted by molar-refractivity contribution is 0.0267. The number of nitrogens with one attached hydrogen (secondary N) is 2. The van der Waals surface area contributed by atoms with Crippen LogP contribution in [-0.4, -0.2) is 41.6 Å². The zero-order valence-electron chi connectivity index (χ0n) is 14.2. The maximum atomic E-state index is 12.3. The average molecular weight is 307 g/mol. The molecule has 0 radical (unpaired) electrons. The van der Waals surface area contributed by atoms with Gasteiger partial charge in [0.2, 0.25) is 0 Å². The van der Waals surface area contributed by atoms with Crippen LogP contribution in [0.4, 0.5) is 4.79 Å². The fourth-order valence-corrected chi connectivity index (χ4v) is 4.88. The molecule has 0 spiro atoms. The summed E-state index contributed by atoms with van der Waals surface area (Å²) >= 11 is 0. The fourth-order valence-electron chi connectivity index (χ4n) is 4.88. The van der Waals surface area contributed by atoms with E-state index in [0.717, 1.165) is 25.7 Å². The topological polar surface area (TPSA) is 44.4 Å². The monoisotopic (exact) mass is 307 g/mol. The van der Waals surface area contributed by atoms with Crippen LogP contribution >= 0.6 is 0 Å². The predicted molar refractivity (Wildman–Crippen MR) is 90.0 cm³/mol. The second kappa shape index (κ2) is 7.67. The van der Waals surface area contributed by atoms with Gasteiger partial charge in [0.25, 0.3) is 0 Å². The Morgan fingerprint density at radius 2 is 1.55 bits per heavy atom. The Morgan fingerprint density at radius 3 is 2.18 bits per heavy atom. The number of piperidine rings is 2. The summed E-state index contributed by atoms with van der Waals surface area (Å²) in [4.78, 5) is 15.0. The average Bonchev–Trinajstić information content (AvgIpc) is 2.49. The number of nitrogens with zero attached hydrogens (tertiary/aromatic N) is 1. The quantitative estimate of drug-likeness (QED) is 0.836. The van der Waals surface area contributed by atoms with Crippen LogP contribution in [0.15, 0.2) is 0 Å². The first-order chi connectivity index (χ1) is 10.8. The Labute approximate surface area is 135 Å². The van der Waals surface area contributed by atoms with Crippen LogP contribution in [0, 0.1) is 0 Å². The molecular weight excluding hydrogens is 274 g/mol. The Balaban J connectivity index is 1.48. The second-order valence-electron chi connectivity index (χ2n) is 7.60. The van der Waals surface area contributed by atoms with Crippen molar-refractivity contribution in [2.75, 3.05) is 6.54 Å². The summed E-state index contributed by atoms with van der Waals surface area (Å²) in [7, 11) is 0. The van der Waals surface area contributed by atoms with Crippen LogP contribution in [-0.2, 0) is 0 Å². The van der Waals surface area contributed by atoms with Gasteiger partial charge in [-0.25, -0.2) is 4.79 Å². The van der Waals surface area contributed by atoms with Crippen LogP contribution in [0.1, 0.15) is 77.6 Å². The van der Waals surface area contributed by atoms with E-state index in [9.17, 15) is 4.79 Å². The molecule has 22 heavy (non-hydrogen) atoms. The molecule has 0 aromatic carbocycles. The number of hydrogen-bond donors (Lipinski definition) is 2. The minimum absolute atomic E-state index is 0.0823. The van der Waals surface area contributed by atoms with Gasteiger partial charge >= 0.3 is 6.03 Å². The third-order valence-corrected chi connectivity index (χ3v) is 5.88. The van der Waals surface area contributed by atoms with Crippen LogP contribution in [0.3, 0.4) is 0 Å². The molecule has 1 saturated carbocycles. The molecule has 2 N–H and O–H groups in total. The largest absolute Gasteiger partial charge is 0.335 e.